The third kappa shape index (κ3) is 2.57. The molecule has 24 heavy (non-hydrogen) atoms. The van der Waals surface area contributed by atoms with Gasteiger partial charge in [-0.3, -0.25) is 0 Å². The van der Waals surface area contributed by atoms with E-state index in [1.54, 1.807) is 6.33 Å². The van der Waals surface area contributed by atoms with Crippen LogP contribution < -0.4 is 4.90 Å². The highest BCUT2D eigenvalue weighted by Crippen LogP contribution is 2.33. The lowest BCUT2D eigenvalue weighted by atomic mass is 9.96. The molecule has 0 bridgehead atoms. The van der Waals surface area contributed by atoms with Gasteiger partial charge in [-0.05, 0) is 12.8 Å². The van der Waals surface area contributed by atoms with Gasteiger partial charge in [-0.1, -0.05) is 0 Å². The van der Waals surface area contributed by atoms with Gasteiger partial charge < -0.3 is 14.9 Å². The van der Waals surface area contributed by atoms with E-state index in [1.807, 2.05) is 0 Å². The number of alkyl halides is 3. The maximum absolute atomic E-state index is 12.7. The van der Waals surface area contributed by atoms with Crippen LogP contribution in [0.5, 0.6) is 0 Å². The molecule has 0 saturated carbocycles. The number of aromatic nitrogens is 6. The average Bonchev–Trinajstić information content (AvgIpc) is 3.23. The Morgan fingerprint density at radius 2 is 1.88 bits per heavy atom. The second kappa shape index (κ2) is 5.46. The Balaban J connectivity index is 1.49. The standard InChI is InChI=1S/C14H14F3N7/c15-14(16,17)9-5-18-11(23-9)8-1-3-24(4-2-8)13-10-12(20-6-19-10)21-7-22-13/h5-8H,1-4H2,(H,18,23)(H,19,20,21,22). The number of rotatable bonds is 2. The third-order valence-electron chi connectivity index (χ3n) is 4.29. The summed E-state index contributed by atoms with van der Waals surface area (Å²) in [6.07, 6.45) is 0.901. The van der Waals surface area contributed by atoms with Gasteiger partial charge in [0.2, 0.25) is 0 Å². The van der Waals surface area contributed by atoms with Crippen LogP contribution in [0.2, 0.25) is 0 Å². The first-order valence-corrected chi connectivity index (χ1v) is 7.53. The molecule has 1 fully saturated rings. The van der Waals surface area contributed by atoms with Crippen LogP contribution in [0.4, 0.5) is 19.0 Å². The van der Waals surface area contributed by atoms with E-state index in [0.717, 1.165) is 17.5 Å². The van der Waals surface area contributed by atoms with Crippen molar-refractivity contribution in [2.45, 2.75) is 24.9 Å². The molecular weight excluding hydrogens is 323 g/mol. The van der Waals surface area contributed by atoms with Crippen LogP contribution >= 0.6 is 0 Å². The largest absolute Gasteiger partial charge is 0.432 e. The van der Waals surface area contributed by atoms with Crippen LogP contribution in [0.3, 0.4) is 0 Å². The van der Waals surface area contributed by atoms with Crippen molar-refractivity contribution in [1.29, 1.82) is 0 Å². The van der Waals surface area contributed by atoms with Crippen LogP contribution in [0, 0.1) is 0 Å². The zero-order valence-electron chi connectivity index (χ0n) is 12.5. The zero-order valence-corrected chi connectivity index (χ0v) is 12.5. The molecule has 0 atom stereocenters. The first kappa shape index (κ1) is 14.9. The second-order valence-electron chi connectivity index (χ2n) is 5.74. The number of nitrogens with one attached hydrogen (secondary N) is 2. The van der Waals surface area contributed by atoms with Crippen LogP contribution in [-0.2, 0) is 6.18 Å². The minimum atomic E-state index is -4.39. The zero-order chi connectivity index (χ0) is 16.7. The van der Waals surface area contributed by atoms with Gasteiger partial charge in [0.25, 0.3) is 0 Å². The molecular formula is C14H14F3N7. The van der Waals surface area contributed by atoms with Crippen molar-refractivity contribution in [1.82, 2.24) is 29.9 Å². The molecule has 0 spiro atoms. The summed E-state index contributed by atoms with van der Waals surface area (Å²) < 4.78 is 38.0. The van der Waals surface area contributed by atoms with Crippen molar-refractivity contribution in [2.24, 2.45) is 0 Å². The highest BCUT2D eigenvalue weighted by atomic mass is 19.4. The Hall–Kier alpha value is -2.65. The molecule has 7 nitrogen and oxygen atoms in total. The van der Waals surface area contributed by atoms with Gasteiger partial charge >= 0.3 is 6.18 Å². The molecule has 4 rings (SSSR count). The smallest absolute Gasteiger partial charge is 0.355 e. The monoisotopic (exact) mass is 337 g/mol. The normalized spacial score (nSPS) is 16.9. The van der Waals surface area contributed by atoms with E-state index in [4.69, 9.17) is 0 Å². The molecule has 1 aliphatic heterocycles. The average molecular weight is 337 g/mol. The van der Waals surface area contributed by atoms with E-state index >= 15 is 0 Å². The summed E-state index contributed by atoms with van der Waals surface area (Å²) in [5.74, 6) is 1.15. The van der Waals surface area contributed by atoms with Crippen LogP contribution in [0.1, 0.15) is 30.3 Å². The summed E-state index contributed by atoms with van der Waals surface area (Å²) in [6.45, 7) is 1.36. The molecule has 1 aliphatic rings. The lowest BCUT2D eigenvalue weighted by Crippen LogP contribution is -2.34. The Labute approximate surface area is 134 Å². The number of hydrogen-bond acceptors (Lipinski definition) is 5. The fourth-order valence-electron chi connectivity index (χ4n) is 3.04. The van der Waals surface area contributed by atoms with E-state index < -0.39 is 11.9 Å². The van der Waals surface area contributed by atoms with Gasteiger partial charge in [-0.2, -0.15) is 13.2 Å². The highest BCUT2D eigenvalue weighted by Gasteiger charge is 2.34. The second-order valence-corrected chi connectivity index (χ2v) is 5.74. The lowest BCUT2D eigenvalue weighted by molar-refractivity contribution is -0.141. The van der Waals surface area contributed by atoms with Crippen LogP contribution in [0.15, 0.2) is 18.9 Å². The van der Waals surface area contributed by atoms with Crippen molar-refractivity contribution in [3.63, 3.8) is 0 Å². The van der Waals surface area contributed by atoms with Gasteiger partial charge in [0.05, 0.1) is 12.5 Å². The maximum atomic E-state index is 12.7. The Morgan fingerprint density at radius 1 is 1.08 bits per heavy atom. The molecule has 4 heterocycles. The topological polar surface area (TPSA) is 86.4 Å². The van der Waals surface area contributed by atoms with Crippen molar-refractivity contribution >= 4 is 17.0 Å². The fraction of sp³-hybridized carbons (Fsp3) is 0.429. The molecule has 10 heteroatoms. The molecule has 0 unspecified atom stereocenters. The predicted octanol–water partition coefficient (Wildman–Crippen LogP) is 2.48. The van der Waals surface area contributed by atoms with Gasteiger partial charge in [-0.25, -0.2) is 19.9 Å². The minimum Gasteiger partial charge on any atom is -0.355 e. The fourth-order valence-corrected chi connectivity index (χ4v) is 3.04. The molecule has 0 aliphatic carbocycles. The number of hydrogen-bond donors (Lipinski definition) is 2. The predicted molar refractivity (Wildman–Crippen MR) is 79.5 cm³/mol. The molecule has 0 aromatic carbocycles. The quantitative estimate of drug-likeness (QED) is 0.750. The van der Waals surface area contributed by atoms with Gasteiger partial charge in [0.1, 0.15) is 23.4 Å². The Morgan fingerprint density at radius 3 is 2.58 bits per heavy atom. The number of fused-ring (bicyclic) bond motifs is 1. The van der Waals surface area contributed by atoms with Gasteiger partial charge in [-0.15, -0.1) is 0 Å². The summed E-state index contributed by atoms with van der Waals surface area (Å²) >= 11 is 0. The number of nitrogens with zero attached hydrogens (tertiary/aromatic N) is 5. The summed E-state index contributed by atoms with van der Waals surface area (Å²) in [4.78, 5) is 23.9. The maximum Gasteiger partial charge on any atom is 0.432 e. The molecule has 0 radical (unpaired) electrons. The first-order valence-electron chi connectivity index (χ1n) is 7.53. The van der Waals surface area contributed by atoms with Crippen LogP contribution in [-0.4, -0.2) is 43.0 Å². The van der Waals surface area contributed by atoms with Crippen LogP contribution in [0.25, 0.3) is 11.2 Å². The molecule has 0 amide bonds. The van der Waals surface area contributed by atoms with Gasteiger partial charge in [0.15, 0.2) is 11.5 Å². The van der Waals surface area contributed by atoms with E-state index in [1.165, 1.54) is 6.33 Å². The summed E-state index contributed by atoms with van der Waals surface area (Å²) in [5.41, 5.74) is 0.575. The highest BCUT2D eigenvalue weighted by molar-refractivity contribution is 5.82. The number of piperidine rings is 1. The molecule has 1 saturated heterocycles. The van der Waals surface area contributed by atoms with Crippen molar-refractivity contribution in [2.75, 3.05) is 18.0 Å². The number of halogens is 3. The molecule has 3 aromatic heterocycles. The SMILES string of the molecule is FC(F)(F)c1cnc(C2CCN(c3ncnc4nc[nH]c34)CC2)[nH]1. The third-order valence-corrected chi connectivity index (χ3v) is 4.29. The van der Waals surface area contributed by atoms with Crippen molar-refractivity contribution in [3.05, 3.63) is 30.4 Å². The number of H-pyrrole nitrogens is 2. The van der Waals surface area contributed by atoms with E-state index in [0.29, 0.717) is 37.4 Å². The summed E-state index contributed by atoms with van der Waals surface area (Å²) in [6, 6.07) is 0. The van der Waals surface area contributed by atoms with E-state index in [-0.39, 0.29) is 5.92 Å². The number of anilines is 1. The van der Waals surface area contributed by atoms with Crippen molar-refractivity contribution in [3.8, 4) is 0 Å². The summed E-state index contributed by atoms with van der Waals surface area (Å²) in [7, 11) is 0. The number of imidazole rings is 2. The lowest BCUT2D eigenvalue weighted by Gasteiger charge is -2.32. The number of aromatic amines is 2. The Kier molecular flexibility index (Phi) is 3.39. The Bertz CT molecular complexity index is 845. The van der Waals surface area contributed by atoms with E-state index in [2.05, 4.69) is 34.8 Å². The molecule has 126 valence electrons. The minimum absolute atomic E-state index is 0.0172. The molecule has 2 N–H and O–H groups in total. The van der Waals surface area contributed by atoms with E-state index in [9.17, 15) is 13.2 Å². The first-order chi connectivity index (χ1) is 11.5. The summed E-state index contributed by atoms with van der Waals surface area (Å²) in [5, 5.41) is 0. The molecule has 3 aromatic rings. The van der Waals surface area contributed by atoms with Gasteiger partial charge in [0, 0.05) is 19.0 Å². The van der Waals surface area contributed by atoms with Crippen molar-refractivity contribution < 1.29 is 13.2 Å².